The Morgan fingerprint density at radius 2 is 2.00 bits per heavy atom. The van der Waals surface area contributed by atoms with Crippen molar-refractivity contribution in [3.8, 4) is 0 Å². The minimum absolute atomic E-state index is 0.202. The zero-order chi connectivity index (χ0) is 12.0. The van der Waals surface area contributed by atoms with Gasteiger partial charge >= 0.3 is 12.1 Å². The summed E-state index contributed by atoms with van der Waals surface area (Å²) in [6.07, 6.45) is -2.90. The molecule has 0 spiro atoms. The van der Waals surface area contributed by atoms with Gasteiger partial charge in [-0.25, -0.2) is 0 Å². The van der Waals surface area contributed by atoms with Gasteiger partial charge in [0.25, 0.3) is 0 Å². The Bertz CT molecular complexity index is 421. The van der Waals surface area contributed by atoms with Gasteiger partial charge in [0, 0.05) is 6.20 Å². The van der Waals surface area contributed by atoms with E-state index in [0.717, 1.165) is 12.1 Å². The number of pyridine rings is 1. The van der Waals surface area contributed by atoms with Gasteiger partial charge in [-0.15, -0.1) is 0 Å². The lowest BCUT2D eigenvalue weighted by Crippen LogP contribution is -2.21. The first-order chi connectivity index (χ1) is 7.36. The number of carbonyl (C=O) groups is 1. The molecule has 1 aromatic rings. The number of hydrogen-bond donors (Lipinski definition) is 1. The molecule has 0 saturated heterocycles. The fourth-order valence-corrected chi connectivity index (χ4v) is 1.55. The Hall–Kier alpha value is -1.59. The van der Waals surface area contributed by atoms with Crippen molar-refractivity contribution in [1.29, 1.82) is 0 Å². The molecule has 0 aromatic carbocycles. The smallest absolute Gasteiger partial charge is 0.417 e. The summed E-state index contributed by atoms with van der Waals surface area (Å²) in [5.41, 5.74) is -1.71. The molecule has 1 saturated carbocycles. The number of halogens is 3. The molecule has 0 aliphatic heterocycles. The lowest BCUT2D eigenvalue weighted by molar-refractivity contribution is -0.140. The first-order valence-corrected chi connectivity index (χ1v) is 4.63. The van der Waals surface area contributed by atoms with Crippen LogP contribution in [0, 0.1) is 0 Å². The summed E-state index contributed by atoms with van der Waals surface area (Å²) in [6, 6.07) is 2.01. The monoisotopic (exact) mass is 231 g/mol. The molecule has 1 aliphatic carbocycles. The minimum atomic E-state index is -4.44. The second kappa shape index (κ2) is 3.20. The highest BCUT2D eigenvalue weighted by Crippen LogP contribution is 2.47. The number of aliphatic carboxylic acids is 1. The maximum absolute atomic E-state index is 12.2. The van der Waals surface area contributed by atoms with Crippen molar-refractivity contribution in [2.24, 2.45) is 0 Å². The first-order valence-electron chi connectivity index (χ1n) is 4.63. The van der Waals surface area contributed by atoms with Crippen molar-refractivity contribution in [2.75, 3.05) is 0 Å². The summed E-state index contributed by atoms with van der Waals surface area (Å²) < 4.78 is 36.7. The van der Waals surface area contributed by atoms with E-state index < -0.39 is 23.1 Å². The van der Waals surface area contributed by atoms with Gasteiger partial charge in [0.2, 0.25) is 0 Å². The number of nitrogens with zero attached hydrogens (tertiary/aromatic N) is 1. The summed E-state index contributed by atoms with van der Waals surface area (Å²) in [5, 5.41) is 8.92. The topological polar surface area (TPSA) is 50.2 Å². The highest BCUT2D eigenvalue weighted by Gasteiger charge is 2.53. The largest absolute Gasteiger partial charge is 0.481 e. The van der Waals surface area contributed by atoms with Crippen molar-refractivity contribution in [2.45, 2.75) is 24.4 Å². The lowest BCUT2D eigenvalue weighted by Gasteiger charge is -2.10. The van der Waals surface area contributed by atoms with E-state index in [0.29, 0.717) is 19.0 Å². The van der Waals surface area contributed by atoms with Gasteiger partial charge in [-0.3, -0.25) is 9.78 Å². The van der Waals surface area contributed by atoms with Crippen molar-refractivity contribution in [3.63, 3.8) is 0 Å². The number of alkyl halides is 3. The molecular formula is C10H8F3NO2. The molecule has 6 heteroatoms. The SMILES string of the molecule is O=C(O)C1(c2ccc(C(F)(F)F)cn2)CC1. The number of carboxylic acids is 1. The van der Waals surface area contributed by atoms with E-state index in [2.05, 4.69) is 4.98 Å². The Kier molecular flexibility index (Phi) is 2.18. The third-order valence-electron chi connectivity index (χ3n) is 2.74. The normalized spacial score (nSPS) is 18.2. The molecule has 16 heavy (non-hydrogen) atoms. The lowest BCUT2D eigenvalue weighted by atomic mass is 10.0. The molecule has 2 rings (SSSR count). The standard InChI is InChI=1S/C10H8F3NO2/c11-10(12,13)6-1-2-7(14-5-6)9(3-4-9)8(15)16/h1-2,5H,3-4H2,(H,15,16). The molecule has 1 heterocycles. The molecule has 0 bridgehead atoms. The number of carboxylic acid groups (broad SMARTS) is 1. The number of aromatic nitrogens is 1. The maximum Gasteiger partial charge on any atom is 0.417 e. The molecule has 0 unspecified atom stereocenters. The van der Waals surface area contributed by atoms with Gasteiger partial charge in [-0.05, 0) is 25.0 Å². The maximum atomic E-state index is 12.2. The Morgan fingerprint density at radius 1 is 1.38 bits per heavy atom. The zero-order valence-electron chi connectivity index (χ0n) is 8.08. The number of rotatable bonds is 2. The first kappa shape index (κ1) is 10.9. The van der Waals surface area contributed by atoms with E-state index in [-0.39, 0.29) is 5.69 Å². The summed E-state index contributed by atoms with van der Waals surface area (Å²) >= 11 is 0. The molecule has 0 atom stereocenters. The average molecular weight is 231 g/mol. The highest BCUT2D eigenvalue weighted by atomic mass is 19.4. The summed E-state index contributed by atoms with van der Waals surface area (Å²) in [5.74, 6) is -1.03. The van der Waals surface area contributed by atoms with Crippen LogP contribution in [0.3, 0.4) is 0 Å². The van der Waals surface area contributed by atoms with E-state index in [1.165, 1.54) is 0 Å². The molecule has 1 fully saturated rings. The molecule has 1 aliphatic rings. The predicted octanol–water partition coefficient (Wildman–Crippen LogP) is 2.22. The van der Waals surface area contributed by atoms with Crippen molar-refractivity contribution in [1.82, 2.24) is 4.98 Å². The quantitative estimate of drug-likeness (QED) is 0.848. The van der Waals surface area contributed by atoms with Gasteiger partial charge < -0.3 is 5.11 Å². The van der Waals surface area contributed by atoms with Crippen LogP contribution in [0.5, 0.6) is 0 Å². The van der Waals surface area contributed by atoms with Crippen LogP contribution in [0.15, 0.2) is 18.3 Å². The molecule has 0 amide bonds. The van der Waals surface area contributed by atoms with Crippen LogP contribution in [0.25, 0.3) is 0 Å². The van der Waals surface area contributed by atoms with Gasteiger partial charge in [0.05, 0.1) is 11.3 Å². The molecule has 1 aromatic heterocycles. The molecule has 0 radical (unpaired) electrons. The third kappa shape index (κ3) is 1.64. The second-order valence-corrected chi connectivity index (χ2v) is 3.82. The van der Waals surface area contributed by atoms with E-state index in [1.54, 1.807) is 0 Å². The average Bonchev–Trinajstić information content (AvgIpc) is 2.97. The number of hydrogen-bond acceptors (Lipinski definition) is 2. The van der Waals surface area contributed by atoms with Crippen molar-refractivity contribution in [3.05, 3.63) is 29.6 Å². The van der Waals surface area contributed by atoms with Crippen molar-refractivity contribution >= 4 is 5.97 Å². The fourth-order valence-electron chi connectivity index (χ4n) is 1.55. The summed E-state index contributed by atoms with van der Waals surface area (Å²) in [4.78, 5) is 14.5. The van der Waals surface area contributed by atoms with Crippen molar-refractivity contribution < 1.29 is 23.1 Å². The van der Waals surface area contributed by atoms with Crippen LogP contribution in [0.4, 0.5) is 13.2 Å². The third-order valence-corrected chi connectivity index (χ3v) is 2.74. The summed E-state index contributed by atoms with van der Waals surface area (Å²) in [6.45, 7) is 0. The van der Waals surface area contributed by atoms with Crippen LogP contribution in [-0.2, 0) is 16.4 Å². The van der Waals surface area contributed by atoms with E-state index in [1.807, 2.05) is 0 Å². The Morgan fingerprint density at radius 3 is 2.31 bits per heavy atom. The highest BCUT2D eigenvalue weighted by molar-refractivity contribution is 5.84. The Labute approximate surface area is 88.9 Å². The zero-order valence-corrected chi connectivity index (χ0v) is 8.08. The van der Waals surface area contributed by atoms with Crippen LogP contribution >= 0.6 is 0 Å². The van der Waals surface area contributed by atoms with Crippen LogP contribution < -0.4 is 0 Å². The van der Waals surface area contributed by atoms with Gasteiger partial charge in [0.15, 0.2) is 0 Å². The van der Waals surface area contributed by atoms with E-state index in [9.17, 15) is 18.0 Å². The van der Waals surface area contributed by atoms with E-state index in [4.69, 9.17) is 5.11 Å². The molecule has 86 valence electrons. The minimum Gasteiger partial charge on any atom is -0.481 e. The fraction of sp³-hybridized carbons (Fsp3) is 0.400. The van der Waals surface area contributed by atoms with Gasteiger partial charge in [-0.1, -0.05) is 0 Å². The molecular weight excluding hydrogens is 223 g/mol. The van der Waals surface area contributed by atoms with E-state index >= 15 is 0 Å². The van der Waals surface area contributed by atoms with Crippen LogP contribution in [0.1, 0.15) is 24.1 Å². The second-order valence-electron chi connectivity index (χ2n) is 3.82. The molecule has 3 nitrogen and oxygen atoms in total. The predicted molar refractivity (Wildman–Crippen MR) is 47.8 cm³/mol. The van der Waals surface area contributed by atoms with Gasteiger partial charge in [-0.2, -0.15) is 13.2 Å². The Balaban J connectivity index is 2.31. The van der Waals surface area contributed by atoms with Crippen LogP contribution in [0.2, 0.25) is 0 Å². The summed E-state index contributed by atoms with van der Waals surface area (Å²) in [7, 11) is 0. The van der Waals surface area contributed by atoms with Gasteiger partial charge in [0.1, 0.15) is 5.41 Å². The molecule has 1 N–H and O–H groups in total. The van der Waals surface area contributed by atoms with Crippen LogP contribution in [-0.4, -0.2) is 16.1 Å².